The average Bonchev–Trinajstić information content (AvgIpc) is 2.63. The van der Waals surface area contributed by atoms with Gasteiger partial charge in [-0.25, -0.2) is 13.2 Å². The normalized spacial score (nSPS) is 18.6. The Bertz CT molecular complexity index is 736. The lowest BCUT2D eigenvalue weighted by Crippen LogP contribution is -2.51. The number of likely N-dealkylation sites (tertiary alicyclic amines) is 1. The fraction of sp³-hybridized carbons (Fsp3) is 0.579. The second kappa shape index (κ2) is 9.73. The Morgan fingerprint density at radius 3 is 2.63 bits per heavy atom. The van der Waals surface area contributed by atoms with Crippen molar-refractivity contribution in [3.8, 4) is 0 Å². The number of hydrogen-bond acceptors (Lipinski definition) is 5. The van der Waals surface area contributed by atoms with Crippen LogP contribution in [0.4, 0.5) is 4.79 Å². The van der Waals surface area contributed by atoms with Crippen molar-refractivity contribution in [3.63, 3.8) is 0 Å². The summed E-state index contributed by atoms with van der Waals surface area (Å²) in [5.74, 6) is -0.0312. The molecule has 0 spiro atoms. The zero-order valence-corrected chi connectivity index (χ0v) is 16.7. The van der Waals surface area contributed by atoms with Crippen molar-refractivity contribution in [3.05, 3.63) is 35.9 Å². The summed E-state index contributed by atoms with van der Waals surface area (Å²) < 4.78 is 28.2. The van der Waals surface area contributed by atoms with Gasteiger partial charge in [0.1, 0.15) is 22.5 Å². The van der Waals surface area contributed by atoms with E-state index in [9.17, 15) is 18.0 Å². The second-order valence-corrected chi connectivity index (χ2v) is 9.47. The van der Waals surface area contributed by atoms with Gasteiger partial charge in [0.05, 0.1) is 5.75 Å². The Labute approximate surface area is 161 Å². The first-order valence-electron chi connectivity index (χ1n) is 9.18. The van der Waals surface area contributed by atoms with Gasteiger partial charge in [0.15, 0.2) is 0 Å². The third kappa shape index (κ3) is 7.58. The number of hydrogen-bond donors (Lipinski definition) is 1. The van der Waals surface area contributed by atoms with Crippen LogP contribution in [0.3, 0.4) is 0 Å². The van der Waals surface area contributed by atoms with Gasteiger partial charge >= 0.3 is 6.09 Å². The SMILES string of the molecule is CC1CCCN(C(=O)C(CCS(C)(=O)=O)NC(=O)OCc2ccccc2)C1. The van der Waals surface area contributed by atoms with Crippen molar-refractivity contribution in [1.29, 1.82) is 0 Å². The van der Waals surface area contributed by atoms with Crippen LogP contribution < -0.4 is 5.32 Å². The molecule has 1 saturated heterocycles. The first-order chi connectivity index (χ1) is 12.7. The number of piperidine rings is 1. The number of rotatable bonds is 7. The van der Waals surface area contributed by atoms with Crippen LogP contribution in [0.5, 0.6) is 0 Å². The molecule has 0 radical (unpaired) electrons. The molecule has 0 bridgehead atoms. The molecule has 150 valence electrons. The summed E-state index contributed by atoms with van der Waals surface area (Å²) in [6.45, 7) is 3.40. The largest absolute Gasteiger partial charge is 0.445 e. The Kier molecular flexibility index (Phi) is 7.65. The van der Waals surface area contributed by atoms with Crippen molar-refractivity contribution in [2.75, 3.05) is 25.1 Å². The quantitative estimate of drug-likeness (QED) is 0.761. The molecule has 27 heavy (non-hydrogen) atoms. The predicted molar refractivity (Wildman–Crippen MR) is 103 cm³/mol. The zero-order valence-electron chi connectivity index (χ0n) is 15.9. The van der Waals surface area contributed by atoms with Gasteiger partial charge in [-0.15, -0.1) is 0 Å². The Hall–Kier alpha value is -2.09. The summed E-state index contributed by atoms with van der Waals surface area (Å²) in [4.78, 5) is 26.7. The summed E-state index contributed by atoms with van der Waals surface area (Å²) >= 11 is 0. The minimum atomic E-state index is -3.25. The number of alkyl carbamates (subject to hydrolysis) is 1. The molecule has 2 rings (SSSR count). The molecule has 1 fully saturated rings. The molecular weight excluding hydrogens is 368 g/mol. The van der Waals surface area contributed by atoms with Crippen molar-refractivity contribution >= 4 is 21.8 Å². The van der Waals surface area contributed by atoms with Gasteiger partial charge < -0.3 is 15.0 Å². The van der Waals surface area contributed by atoms with E-state index in [0.29, 0.717) is 19.0 Å². The van der Waals surface area contributed by atoms with E-state index in [1.165, 1.54) is 0 Å². The Morgan fingerprint density at radius 2 is 2.00 bits per heavy atom. The molecule has 1 aromatic carbocycles. The molecular formula is C19H28N2O5S. The topological polar surface area (TPSA) is 92.8 Å². The van der Waals surface area contributed by atoms with Gasteiger partial charge in [0.25, 0.3) is 0 Å². The highest BCUT2D eigenvalue weighted by atomic mass is 32.2. The molecule has 2 atom stereocenters. The lowest BCUT2D eigenvalue weighted by atomic mass is 9.99. The Morgan fingerprint density at radius 1 is 1.30 bits per heavy atom. The van der Waals surface area contributed by atoms with E-state index in [0.717, 1.165) is 24.7 Å². The fourth-order valence-corrected chi connectivity index (χ4v) is 3.77. The van der Waals surface area contributed by atoms with Crippen LogP contribution in [-0.4, -0.2) is 56.5 Å². The number of sulfone groups is 1. The molecule has 7 nitrogen and oxygen atoms in total. The van der Waals surface area contributed by atoms with Gasteiger partial charge in [-0.2, -0.15) is 0 Å². The van der Waals surface area contributed by atoms with Gasteiger partial charge in [0, 0.05) is 19.3 Å². The van der Waals surface area contributed by atoms with Crippen LogP contribution >= 0.6 is 0 Å². The summed E-state index contributed by atoms with van der Waals surface area (Å²) in [5, 5.41) is 2.55. The van der Waals surface area contributed by atoms with Crippen molar-refractivity contribution < 1.29 is 22.7 Å². The lowest BCUT2D eigenvalue weighted by molar-refractivity contribution is -0.135. The lowest BCUT2D eigenvalue weighted by Gasteiger charge is -2.33. The highest BCUT2D eigenvalue weighted by molar-refractivity contribution is 7.90. The predicted octanol–water partition coefficient (Wildman–Crippen LogP) is 1.97. The van der Waals surface area contributed by atoms with Crippen LogP contribution in [0.15, 0.2) is 30.3 Å². The maximum atomic E-state index is 12.8. The van der Waals surface area contributed by atoms with Crippen molar-refractivity contribution in [1.82, 2.24) is 10.2 Å². The van der Waals surface area contributed by atoms with Crippen LogP contribution in [0, 0.1) is 5.92 Å². The van der Waals surface area contributed by atoms with Crippen molar-refractivity contribution in [2.24, 2.45) is 5.92 Å². The summed E-state index contributed by atoms with van der Waals surface area (Å²) in [6, 6.07) is 8.29. The highest BCUT2D eigenvalue weighted by Gasteiger charge is 2.29. The average molecular weight is 397 g/mol. The Balaban J connectivity index is 1.97. The maximum Gasteiger partial charge on any atom is 0.408 e. The molecule has 1 aliphatic rings. The number of carbonyl (C=O) groups is 2. The van der Waals surface area contributed by atoms with Crippen LogP contribution in [0.2, 0.25) is 0 Å². The van der Waals surface area contributed by atoms with E-state index in [4.69, 9.17) is 4.74 Å². The zero-order chi connectivity index (χ0) is 19.9. The number of carbonyl (C=O) groups excluding carboxylic acids is 2. The molecule has 8 heteroatoms. The molecule has 0 aromatic heterocycles. The van der Waals surface area contributed by atoms with Gasteiger partial charge in [0.2, 0.25) is 5.91 Å². The maximum absolute atomic E-state index is 12.8. The van der Waals surface area contributed by atoms with Gasteiger partial charge in [-0.1, -0.05) is 37.3 Å². The molecule has 2 amide bonds. The number of nitrogens with zero attached hydrogens (tertiary/aromatic N) is 1. The van der Waals surface area contributed by atoms with E-state index >= 15 is 0 Å². The van der Waals surface area contributed by atoms with Gasteiger partial charge in [-0.3, -0.25) is 4.79 Å². The highest BCUT2D eigenvalue weighted by Crippen LogP contribution is 2.17. The molecule has 0 aliphatic carbocycles. The molecule has 1 heterocycles. The number of amides is 2. The van der Waals surface area contributed by atoms with E-state index in [1.54, 1.807) is 4.90 Å². The molecule has 0 saturated carbocycles. The summed E-state index contributed by atoms with van der Waals surface area (Å²) in [5.41, 5.74) is 0.830. The molecule has 1 N–H and O–H groups in total. The first kappa shape index (κ1) is 21.2. The minimum Gasteiger partial charge on any atom is -0.445 e. The van der Waals surface area contributed by atoms with E-state index in [1.807, 2.05) is 30.3 Å². The monoisotopic (exact) mass is 396 g/mol. The minimum absolute atomic E-state index is 0.0307. The second-order valence-electron chi connectivity index (χ2n) is 7.21. The van der Waals surface area contributed by atoms with E-state index in [-0.39, 0.29) is 24.7 Å². The number of nitrogens with one attached hydrogen (secondary N) is 1. The first-order valence-corrected chi connectivity index (χ1v) is 11.2. The van der Waals surface area contributed by atoms with Crippen LogP contribution in [0.1, 0.15) is 31.7 Å². The molecule has 2 unspecified atom stereocenters. The van der Waals surface area contributed by atoms with Crippen LogP contribution in [0.25, 0.3) is 0 Å². The van der Waals surface area contributed by atoms with E-state index < -0.39 is 22.0 Å². The smallest absolute Gasteiger partial charge is 0.408 e. The third-order valence-corrected chi connectivity index (χ3v) is 5.53. The van der Waals surface area contributed by atoms with Gasteiger partial charge in [-0.05, 0) is 30.7 Å². The van der Waals surface area contributed by atoms with Crippen LogP contribution in [-0.2, 0) is 26.0 Å². The standard InChI is InChI=1S/C19H28N2O5S/c1-15-7-6-11-21(13-15)18(22)17(10-12-27(2,24)25)20-19(23)26-14-16-8-4-3-5-9-16/h3-5,8-9,15,17H,6-7,10-14H2,1-2H3,(H,20,23). The third-order valence-electron chi connectivity index (χ3n) is 4.55. The molecule has 1 aromatic rings. The number of ether oxygens (including phenoxy) is 1. The summed E-state index contributed by atoms with van der Waals surface area (Å²) in [7, 11) is -3.25. The fourth-order valence-electron chi connectivity index (χ4n) is 3.11. The molecule has 1 aliphatic heterocycles. The summed E-state index contributed by atoms with van der Waals surface area (Å²) in [6.07, 6.45) is 2.39. The van der Waals surface area contributed by atoms with Crippen molar-refractivity contribution in [2.45, 2.75) is 38.8 Å². The van der Waals surface area contributed by atoms with E-state index in [2.05, 4.69) is 12.2 Å². The number of benzene rings is 1.